The molecule has 0 aromatic carbocycles. The maximum Gasteiger partial charge on any atom is 0.0953 e. The first kappa shape index (κ1) is 10.5. The van der Waals surface area contributed by atoms with Crippen molar-refractivity contribution in [2.24, 2.45) is 0 Å². The van der Waals surface area contributed by atoms with Crippen LogP contribution < -0.4 is 5.32 Å². The van der Waals surface area contributed by atoms with Crippen LogP contribution in [0.3, 0.4) is 0 Å². The lowest BCUT2D eigenvalue weighted by atomic mass is 10.1. The predicted octanol–water partition coefficient (Wildman–Crippen LogP) is 1.45. The number of hydrogen-bond acceptors (Lipinski definition) is 3. The van der Waals surface area contributed by atoms with Crippen LogP contribution in [0.1, 0.15) is 32.6 Å². The van der Waals surface area contributed by atoms with Gasteiger partial charge in [0.25, 0.3) is 0 Å². The van der Waals surface area contributed by atoms with Crippen LogP contribution in [0.25, 0.3) is 0 Å². The molecule has 1 aliphatic heterocycles. The van der Waals surface area contributed by atoms with Gasteiger partial charge in [0.1, 0.15) is 0 Å². The molecule has 0 radical (unpaired) electrons. The Labute approximate surface area is 80.1 Å². The van der Waals surface area contributed by atoms with E-state index in [0.29, 0.717) is 6.10 Å². The van der Waals surface area contributed by atoms with Gasteiger partial charge >= 0.3 is 0 Å². The minimum absolute atomic E-state index is 0.00852. The van der Waals surface area contributed by atoms with Gasteiger partial charge in [-0.2, -0.15) is 5.26 Å². The van der Waals surface area contributed by atoms with Crippen molar-refractivity contribution in [1.29, 1.82) is 5.26 Å². The highest BCUT2D eigenvalue weighted by Crippen LogP contribution is 2.11. The zero-order chi connectivity index (χ0) is 9.52. The molecule has 0 aromatic rings. The minimum atomic E-state index is 0.00852. The summed E-state index contributed by atoms with van der Waals surface area (Å²) in [6, 6.07) is 2.27. The molecule has 0 bridgehead atoms. The van der Waals surface area contributed by atoms with Crippen molar-refractivity contribution in [3.05, 3.63) is 0 Å². The summed E-state index contributed by atoms with van der Waals surface area (Å²) in [6.45, 7) is 3.81. The zero-order valence-electron chi connectivity index (χ0n) is 8.25. The highest BCUT2D eigenvalue weighted by molar-refractivity contribution is 4.89. The molecule has 1 aliphatic rings. The first-order chi connectivity index (χ1) is 6.36. The fraction of sp³-hybridized carbons (Fsp3) is 0.900. The van der Waals surface area contributed by atoms with Crippen LogP contribution in [-0.2, 0) is 4.74 Å². The molecule has 74 valence electrons. The third kappa shape index (κ3) is 3.75. The molecule has 1 N–H and O–H groups in total. The summed E-state index contributed by atoms with van der Waals surface area (Å²) in [5, 5.41) is 12.0. The molecular formula is C10H18N2O. The fourth-order valence-electron chi connectivity index (χ4n) is 1.58. The molecule has 3 heteroatoms. The average molecular weight is 182 g/mol. The lowest BCUT2D eigenvalue weighted by Gasteiger charge is -2.14. The third-order valence-electron chi connectivity index (χ3n) is 2.35. The van der Waals surface area contributed by atoms with E-state index in [1.54, 1.807) is 0 Å². The predicted molar refractivity (Wildman–Crippen MR) is 51.3 cm³/mol. The van der Waals surface area contributed by atoms with Gasteiger partial charge in [-0.05, 0) is 19.3 Å². The molecule has 2 unspecified atom stereocenters. The Kier molecular flexibility index (Phi) is 4.81. The Morgan fingerprint density at radius 2 is 2.54 bits per heavy atom. The second kappa shape index (κ2) is 5.95. The van der Waals surface area contributed by atoms with E-state index >= 15 is 0 Å². The summed E-state index contributed by atoms with van der Waals surface area (Å²) >= 11 is 0. The summed E-state index contributed by atoms with van der Waals surface area (Å²) in [6.07, 6.45) is 4.63. The molecule has 0 aromatic heterocycles. The van der Waals surface area contributed by atoms with Crippen LogP contribution in [0.4, 0.5) is 0 Å². The van der Waals surface area contributed by atoms with Gasteiger partial charge in [-0.15, -0.1) is 0 Å². The van der Waals surface area contributed by atoms with Crippen LogP contribution >= 0.6 is 0 Å². The molecule has 3 nitrogen and oxygen atoms in total. The number of nitriles is 1. The van der Waals surface area contributed by atoms with Crippen LogP contribution in [-0.4, -0.2) is 25.3 Å². The molecule has 1 fully saturated rings. The van der Waals surface area contributed by atoms with Gasteiger partial charge in [0.2, 0.25) is 0 Å². The minimum Gasteiger partial charge on any atom is -0.377 e. The van der Waals surface area contributed by atoms with Crippen molar-refractivity contribution < 1.29 is 4.74 Å². The first-order valence-electron chi connectivity index (χ1n) is 5.11. The Hall–Kier alpha value is -0.590. The summed E-state index contributed by atoms with van der Waals surface area (Å²) in [4.78, 5) is 0. The quantitative estimate of drug-likeness (QED) is 0.700. The molecular weight excluding hydrogens is 164 g/mol. The number of rotatable bonds is 5. The lowest BCUT2D eigenvalue weighted by molar-refractivity contribution is 0.108. The van der Waals surface area contributed by atoms with Crippen LogP contribution in [0.15, 0.2) is 0 Å². The average Bonchev–Trinajstić information content (AvgIpc) is 2.64. The van der Waals surface area contributed by atoms with Gasteiger partial charge in [0, 0.05) is 13.2 Å². The van der Waals surface area contributed by atoms with E-state index in [4.69, 9.17) is 10.00 Å². The summed E-state index contributed by atoms with van der Waals surface area (Å²) in [5.41, 5.74) is 0. The topological polar surface area (TPSA) is 45.0 Å². The van der Waals surface area contributed by atoms with Crippen molar-refractivity contribution in [3.63, 3.8) is 0 Å². The van der Waals surface area contributed by atoms with Gasteiger partial charge in [-0.25, -0.2) is 0 Å². The first-order valence-corrected chi connectivity index (χ1v) is 5.11. The van der Waals surface area contributed by atoms with E-state index in [0.717, 1.165) is 38.8 Å². The number of nitrogens with one attached hydrogen (secondary N) is 1. The molecule has 0 saturated carbocycles. The summed E-state index contributed by atoms with van der Waals surface area (Å²) in [5.74, 6) is 0. The molecule has 0 aliphatic carbocycles. The van der Waals surface area contributed by atoms with E-state index < -0.39 is 0 Å². The van der Waals surface area contributed by atoms with E-state index in [9.17, 15) is 0 Å². The lowest BCUT2D eigenvalue weighted by Crippen LogP contribution is -2.34. The van der Waals surface area contributed by atoms with Gasteiger partial charge in [-0.3, -0.25) is 5.32 Å². The van der Waals surface area contributed by atoms with Crippen molar-refractivity contribution in [2.75, 3.05) is 13.2 Å². The highest BCUT2D eigenvalue weighted by Gasteiger charge is 2.16. The smallest absolute Gasteiger partial charge is 0.0953 e. The third-order valence-corrected chi connectivity index (χ3v) is 2.35. The van der Waals surface area contributed by atoms with Gasteiger partial charge < -0.3 is 4.74 Å². The number of ether oxygens (including phenoxy) is 1. The fourth-order valence-corrected chi connectivity index (χ4v) is 1.58. The molecule has 13 heavy (non-hydrogen) atoms. The van der Waals surface area contributed by atoms with E-state index in [1.165, 1.54) is 0 Å². The van der Waals surface area contributed by atoms with E-state index in [1.807, 2.05) is 0 Å². The van der Waals surface area contributed by atoms with Crippen LogP contribution in [0.2, 0.25) is 0 Å². The number of hydrogen-bond donors (Lipinski definition) is 1. The van der Waals surface area contributed by atoms with Crippen LogP contribution in [0.5, 0.6) is 0 Å². The van der Waals surface area contributed by atoms with Crippen molar-refractivity contribution in [1.82, 2.24) is 5.32 Å². The van der Waals surface area contributed by atoms with Crippen LogP contribution in [0, 0.1) is 11.3 Å². The normalized spacial score (nSPS) is 24.2. The second-order valence-electron chi connectivity index (χ2n) is 3.51. The molecule has 2 atom stereocenters. The molecule has 0 amide bonds. The maximum absolute atomic E-state index is 8.78. The van der Waals surface area contributed by atoms with Crippen molar-refractivity contribution in [3.8, 4) is 6.07 Å². The summed E-state index contributed by atoms with van der Waals surface area (Å²) in [7, 11) is 0. The largest absolute Gasteiger partial charge is 0.377 e. The standard InChI is InChI=1S/C10H18N2O/c1-2-4-9(7-11)12-8-10-5-3-6-13-10/h9-10,12H,2-6,8H2,1H3. The Morgan fingerprint density at radius 3 is 3.08 bits per heavy atom. The molecule has 1 saturated heterocycles. The summed E-state index contributed by atoms with van der Waals surface area (Å²) < 4.78 is 5.45. The van der Waals surface area contributed by atoms with E-state index in [-0.39, 0.29) is 6.04 Å². The van der Waals surface area contributed by atoms with Gasteiger partial charge in [-0.1, -0.05) is 13.3 Å². The zero-order valence-corrected chi connectivity index (χ0v) is 8.25. The highest BCUT2D eigenvalue weighted by atomic mass is 16.5. The number of nitrogens with zero attached hydrogens (tertiary/aromatic N) is 1. The molecule has 1 rings (SSSR count). The monoisotopic (exact) mass is 182 g/mol. The van der Waals surface area contributed by atoms with E-state index in [2.05, 4.69) is 18.3 Å². The van der Waals surface area contributed by atoms with Crippen molar-refractivity contribution in [2.45, 2.75) is 44.8 Å². The Balaban J connectivity index is 2.12. The Bertz CT molecular complexity index is 170. The SMILES string of the molecule is CCCC(C#N)NCC1CCCO1. The second-order valence-corrected chi connectivity index (χ2v) is 3.51. The molecule has 1 heterocycles. The van der Waals surface area contributed by atoms with Gasteiger partial charge in [0.15, 0.2) is 0 Å². The maximum atomic E-state index is 8.78. The molecule has 0 spiro atoms. The van der Waals surface area contributed by atoms with Crippen molar-refractivity contribution >= 4 is 0 Å². The Morgan fingerprint density at radius 1 is 1.69 bits per heavy atom. The van der Waals surface area contributed by atoms with Gasteiger partial charge in [0.05, 0.1) is 18.2 Å².